The molecule has 0 atom stereocenters. The van der Waals surface area contributed by atoms with Gasteiger partial charge in [-0.2, -0.15) is 4.98 Å². The maximum atomic E-state index is 11.8. The standard InChI is InChI=1S/C16H18ClN3O4/c1-16(2,15(22)23)9-18-12(21)7-8-13-19-14(20-24-13)10-3-5-11(17)6-4-10/h3-6H,7-9H2,1-2H3,(H,18,21)(H,22,23). The fraction of sp³-hybridized carbons (Fsp3) is 0.375. The van der Waals surface area contributed by atoms with E-state index in [-0.39, 0.29) is 25.3 Å². The minimum absolute atomic E-state index is 0.0566. The summed E-state index contributed by atoms with van der Waals surface area (Å²) in [6.45, 7) is 3.15. The number of halogens is 1. The summed E-state index contributed by atoms with van der Waals surface area (Å²) in [5.41, 5.74) is -0.246. The van der Waals surface area contributed by atoms with Crippen LogP contribution in [0.5, 0.6) is 0 Å². The lowest BCUT2D eigenvalue weighted by Gasteiger charge is -2.19. The molecule has 0 saturated carbocycles. The average molecular weight is 352 g/mol. The van der Waals surface area contributed by atoms with Crippen LogP contribution in [0, 0.1) is 5.41 Å². The summed E-state index contributed by atoms with van der Waals surface area (Å²) in [7, 11) is 0. The number of hydrogen-bond acceptors (Lipinski definition) is 5. The van der Waals surface area contributed by atoms with Crippen molar-refractivity contribution in [3.8, 4) is 11.4 Å². The number of rotatable bonds is 7. The van der Waals surface area contributed by atoms with Gasteiger partial charge in [0.05, 0.1) is 5.41 Å². The molecule has 0 unspecified atom stereocenters. The van der Waals surface area contributed by atoms with Gasteiger partial charge in [0.15, 0.2) is 0 Å². The molecule has 2 rings (SSSR count). The molecule has 1 aromatic carbocycles. The Morgan fingerprint density at radius 2 is 1.96 bits per heavy atom. The van der Waals surface area contributed by atoms with Gasteiger partial charge in [0.1, 0.15) is 0 Å². The number of amides is 1. The second-order valence-electron chi connectivity index (χ2n) is 5.98. The van der Waals surface area contributed by atoms with E-state index in [0.717, 1.165) is 5.56 Å². The summed E-state index contributed by atoms with van der Waals surface area (Å²) in [5, 5.41) is 16.1. The summed E-state index contributed by atoms with van der Waals surface area (Å²) in [5.74, 6) is -0.468. The van der Waals surface area contributed by atoms with Crippen molar-refractivity contribution in [2.45, 2.75) is 26.7 Å². The second-order valence-corrected chi connectivity index (χ2v) is 6.42. The number of nitrogens with zero attached hydrogens (tertiary/aromatic N) is 2. The number of aliphatic carboxylic acids is 1. The summed E-state index contributed by atoms with van der Waals surface area (Å²) in [4.78, 5) is 27.0. The zero-order valence-corrected chi connectivity index (χ0v) is 14.1. The third-order valence-electron chi connectivity index (χ3n) is 3.44. The van der Waals surface area contributed by atoms with Crippen molar-refractivity contribution in [1.82, 2.24) is 15.5 Å². The normalized spacial score (nSPS) is 11.3. The Morgan fingerprint density at radius 3 is 2.58 bits per heavy atom. The van der Waals surface area contributed by atoms with Crippen LogP contribution in [0.4, 0.5) is 0 Å². The molecule has 0 aliphatic rings. The molecule has 0 bridgehead atoms. The highest BCUT2D eigenvalue weighted by Crippen LogP contribution is 2.19. The SMILES string of the molecule is CC(C)(CNC(=O)CCc1nc(-c2ccc(Cl)cc2)no1)C(=O)O. The molecule has 2 aromatic rings. The number of aromatic nitrogens is 2. The van der Waals surface area contributed by atoms with Crippen LogP contribution in [0.25, 0.3) is 11.4 Å². The zero-order chi connectivity index (χ0) is 17.7. The zero-order valence-electron chi connectivity index (χ0n) is 13.4. The van der Waals surface area contributed by atoms with Crippen molar-refractivity contribution in [3.05, 3.63) is 35.2 Å². The summed E-state index contributed by atoms with van der Waals surface area (Å²) < 4.78 is 5.12. The van der Waals surface area contributed by atoms with Crippen molar-refractivity contribution in [2.24, 2.45) is 5.41 Å². The lowest BCUT2D eigenvalue weighted by molar-refractivity contribution is -0.146. The lowest BCUT2D eigenvalue weighted by atomic mass is 9.94. The smallest absolute Gasteiger partial charge is 0.310 e. The van der Waals surface area contributed by atoms with E-state index in [2.05, 4.69) is 15.5 Å². The molecule has 8 heteroatoms. The quantitative estimate of drug-likeness (QED) is 0.794. The van der Waals surface area contributed by atoms with Crippen molar-refractivity contribution in [2.75, 3.05) is 6.54 Å². The van der Waals surface area contributed by atoms with Gasteiger partial charge in [-0.25, -0.2) is 0 Å². The Labute approximate surface area is 144 Å². The van der Waals surface area contributed by atoms with Crippen LogP contribution < -0.4 is 5.32 Å². The fourth-order valence-electron chi connectivity index (χ4n) is 1.78. The predicted octanol–water partition coefficient (Wildman–Crippen LogP) is 2.55. The number of benzene rings is 1. The summed E-state index contributed by atoms with van der Waals surface area (Å²) >= 11 is 5.82. The van der Waals surface area contributed by atoms with Crippen LogP contribution in [-0.2, 0) is 16.0 Å². The molecule has 1 heterocycles. The minimum Gasteiger partial charge on any atom is -0.481 e. The highest BCUT2D eigenvalue weighted by molar-refractivity contribution is 6.30. The Morgan fingerprint density at radius 1 is 1.29 bits per heavy atom. The van der Waals surface area contributed by atoms with Gasteiger partial charge in [0, 0.05) is 30.0 Å². The molecule has 0 spiro atoms. The Bertz CT molecular complexity index is 725. The lowest BCUT2D eigenvalue weighted by Crippen LogP contribution is -2.38. The monoisotopic (exact) mass is 351 g/mol. The highest BCUT2D eigenvalue weighted by Gasteiger charge is 2.27. The van der Waals surface area contributed by atoms with E-state index in [0.29, 0.717) is 16.7 Å². The fourth-order valence-corrected chi connectivity index (χ4v) is 1.90. The summed E-state index contributed by atoms with van der Waals surface area (Å²) in [6, 6.07) is 7.00. The molecule has 0 aliphatic carbocycles. The highest BCUT2D eigenvalue weighted by atomic mass is 35.5. The van der Waals surface area contributed by atoms with Gasteiger partial charge in [-0.3, -0.25) is 9.59 Å². The van der Waals surface area contributed by atoms with E-state index in [1.54, 1.807) is 38.1 Å². The van der Waals surface area contributed by atoms with E-state index >= 15 is 0 Å². The minimum atomic E-state index is -1.01. The van der Waals surface area contributed by atoms with Gasteiger partial charge in [0.25, 0.3) is 0 Å². The van der Waals surface area contributed by atoms with Crippen LogP contribution in [0.3, 0.4) is 0 Å². The van der Waals surface area contributed by atoms with Gasteiger partial charge in [-0.1, -0.05) is 16.8 Å². The molecule has 0 radical (unpaired) electrons. The Hall–Kier alpha value is -2.41. The van der Waals surface area contributed by atoms with Crippen molar-refractivity contribution >= 4 is 23.5 Å². The molecular weight excluding hydrogens is 334 g/mol. The maximum Gasteiger partial charge on any atom is 0.310 e. The average Bonchev–Trinajstić information content (AvgIpc) is 3.00. The van der Waals surface area contributed by atoms with Gasteiger partial charge < -0.3 is 14.9 Å². The summed E-state index contributed by atoms with van der Waals surface area (Å²) in [6.07, 6.45) is 0.415. The van der Waals surface area contributed by atoms with Gasteiger partial charge in [0.2, 0.25) is 17.6 Å². The van der Waals surface area contributed by atoms with Crippen LogP contribution in [-0.4, -0.2) is 33.7 Å². The first kappa shape index (κ1) is 17.9. The molecule has 0 aliphatic heterocycles. The van der Waals surface area contributed by atoms with Gasteiger partial charge in [-0.05, 0) is 38.1 Å². The Kier molecular flexibility index (Phi) is 5.56. The molecule has 0 fully saturated rings. The molecule has 1 amide bonds. The number of carbonyl (C=O) groups excluding carboxylic acids is 1. The van der Waals surface area contributed by atoms with E-state index < -0.39 is 11.4 Å². The van der Waals surface area contributed by atoms with E-state index in [4.69, 9.17) is 21.2 Å². The van der Waals surface area contributed by atoms with Crippen LogP contribution >= 0.6 is 11.6 Å². The molecular formula is C16H18ClN3O4. The van der Waals surface area contributed by atoms with Crippen LogP contribution in [0.15, 0.2) is 28.8 Å². The number of carbonyl (C=O) groups is 2. The molecule has 2 N–H and O–H groups in total. The van der Waals surface area contributed by atoms with Crippen LogP contribution in [0.1, 0.15) is 26.2 Å². The van der Waals surface area contributed by atoms with Crippen molar-refractivity contribution in [1.29, 1.82) is 0 Å². The Balaban J connectivity index is 1.86. The predicted molar refractivity (Wildman–Crippen MR) is 87.5 cm³/mol. The van der Waals surface area contributed by atoms with Gasteiger partial charge in [-0.15, -0.1) is 0 Å². The molecule has 24 heavy (non-hydrogen) atoms. The molecule has 7 nitrogen and oxygen atoms in total. The largest absolute Gasteiger partial charge is 0.481 e. The van der Waals surface area contributed by atoms with Crippen molar-refractivity contribution < 1.29 is 19.2 Å². The molecule has 128 valence electrons. The molecule has 0 saturated heterocycles. The van der Waals surface area contributed by atoms with Gasteiger partial charge >= 0.3 is 5.97 Å². The topological polar surface area (TPSA) is 105 Å². The third kappa shape index (κ3) is 4.79. The van der Waals surface area contributed by atoms with E-state index in [1.807, 2.05) is 0 Å². The second kappa shape index (κ2) is 7.44. The third-order valence-corrected chi connectivity index (χ3v) is 3.69. The number of aryl methyl sites for hydroxylation is 1. The molecule has 1 aromatic heterocycles. The maximum absolute atomic E-state index is 11.8. The first-order chi connectivity index (χ1) is 11.3. The first-order valence-electron chi connectivity index (χ1n) is 7.36. The number of carboxylic acid groups (broad SMARTS) is 1. The van der Waals surface area contributed by atoms with Crippen molar-refractivity contribution in [3.63, 3.8) is 0 Å². The number of nitrogens with one attached hydrogen (secondary N) is 1. The van der Waals surface area contributed by atoms with E-state index in [1.165, 1.54) is 0 Å². The number of hydrogen-bond donors (Lipinski definition) is 2. The number of carboxylic acids is 1. The van der Waals surface area contributed by atoms with Crippen LogP contribution in [0.2, 0.25) is 5.02 Å². The van der Waals surface area contributed by atoms with E-state index in [9.17, 15) is 9.59 Å². The first-order valence-corrected chi connectivity index (χ1v) is 7.74.